The van der Waals surface area contributed by atoms with E-state index in [1.807, 2.05) is 44.2 Å². The van der Waals surface area contributed by atoms with Crippen LogP contribution in [0.5, 0.6) is 0 Å². The molecule has 21 heavy (non-hydrogen) atoms. The lowest BCUT2D eigenvalue weighted by molar-refractivity contribution is -0.123. The molecule has 1 aromatic heterocycles. The molecule has 0 aliphatic heterocycles. The van der Waals surface area contributed by atoms with Crippen LogP contribution >= 0.6 is 0 Å². The highest BCUT2D eigenvalue weighted by Crippen LogP contribution is 2.11. The summed E-state index contributed by atoms with van der Waals surface area (Å²) in [5.74, 6) is -0.310. The van der Waals surface area contributed by atoms with Crippen LogP contribution in [0.1, 0.15) is 24.3 Å². The Morgan fingerprint density at radius 2 is 1.76 bits per heavy atom. The van der Waals surface area contributed by atoms with Crippen molar-refractivity contribution in [1.29, 1.82) is 0 Å². The molecule has 0 aliphatic rings. The van der Waals surface area contributed by atoms with Gasteiger partial charge in [0.25, 0.3) is 5.91 Å². The van der Waals surface area contributed by atoms with Crippen molar-refractivity contribution < 1.29 is 9.59 Å². The number of hydrogen-bond acceptors (Lipinski definition) is 3. The lowest BCUT2D eigenvalue weighted by Gasteiger charge is -2.08. The van der Waals surface area contributed by atoms with Gasteiger partial charge in [0.15, 0.2) is 0 Å². The fraction of sp³-hybridized carbons (Fsp3) is 0.312. The van der Waals surface area contributed by atoms with E-state index < -0.39 is 0 Å². The van der Waals surface area contributed by atoms with E-state index in [0.29, 0.717) is 18.8 Å². The predicted molar refractivity (Wildman–Crippen MR) is 81.9 cm³/mol. The van der Waals surface area contributed by atoms with Crippen LogP contribution in [0.25, 0.3) is 10.9 Å². The Hall–Kier alpha value is -2.43. The molecule has 5 heteroatoms. The maximum Gasteiger partial charge on any atom is 0.269 e. The normalized spacial score (nSPS) is 10.6. The summed E-state index contributed by atoms with van der Waals surface area (Å²) in [4.78, 5) is 27.7. The van der Waals surface area contributed by atoms with E-state index in [2.05, 4.69) is 15.6 Å². The molecule has 2 aromatic rings. The minimum absolute atomic E-state index is 0.0203. The molecule has 0 aliphatic carbocycles. The highest BCUT2D eigenvalue weighted by Gasteiger charge is 2.08. The third-order valence-electron chi connectivity index (χ3n) is 3.07. The summed E-state index contributed by atoms with van der Waals surface area (Å²) in [6, 6.07) is 11.2. The molecule has 2 rings (SSSR count). The number of aromatic nitrogens is 1. The molecule has 5 nitrogen and oxygen atoms in total. The number of nitrogens with zero attached hydrogens (tertiary/aromatic N) is 1. The Labute approximate surface area is 123 Å². The van der Waals surface area contributed by atoms with Crippen LogP contribution in [0, 0.1) is 5.92 Å². The van der Waals surface area contributed by atoms with Gasteiger partial charge in [-0.2, -0.15) is 0 Å². The average Bonchev–Trinajstić information content (AvgIpc) is 2.50. The minimum atomic E-state index is -0.237. The summed E-state index contributed by atoms with van der Waals surface area (Å²) in [6.45, 7) is 4.45. The van der Waals surface area contributed by atoms with Crippen molar-refractivity contribution >= 4 is 22.7 Å². The number of carbonyl (C=O) groups is 2. The zero-order chi connectivity index (χ0) is 15.2. The lowest BCUT2D eigenvalue weighted by Crippen LogP contribution is -2.36. The quantitative estimate of drug-likeness (QED) is 0.822. The zero-order valence-corrected chi connectivity index (χ0v) is 12.2. The van der Waals surface area contributed by atoms with Gasteiger partial charge in [0.2, 0.25) is 5.91 Å². The fourth-order valence-electron chi connectivity index (χ4n) is 1.85. The van der Waals surface area contributed by atoms with Crippen LogP contribution < -0.4 is 10.6 Å². The first-order valence-electron chi connectivity index (χ1n) is 6.99. The standard InChI is InChI=1S/C16H19N3O2/c1-11(2)15(20)17-9-10-18-16(21)14-8-7-12-5-3-4-6-13(12)19-14/h3-8,11H,9-10H2,1-2H3,(H,17,20)(H,18,21). The molecule has 2 amide bonds. The Morgan fingerprint density at radius 3 is 2.52 bits per heavy atom. The molecule has 0 spiro atoms. The van der Waals surface area contributed by atoms with E-state index in [9.17, 15) is 9.59 Å². The number of amides is 2. The Bertz CT molecular complexity index is 653. The van der Waals surface area contributed by atoms with Crippen LogP contribution in [0.2, 0.25) is 0 Å². The van der Waals surface area contributed by atoms with Gasteiger partial charge in [-0.1, -0.05) is 38.1 Å². The fourth-order valence-corrected chi connectivity index (χ4v) is 1.85. The Morgan fingerprint density at radius 1 is 1.05 bits per heavy atom. The predicted octanol–water partition coefficient (Wildman–Crippen LogP) is 1.74. The van der Waals surface area contributed by atoms with Crippen LogP contribution in [-0.4, -0.2) is 29.9 Å². The maximum atomic E-state index is 12.0. The highest BCUT2D eigenvalue weighted by molar-refractivity contribution is 5.94. The van der Waals surface area contributed by atoms with Gasteiger partial charge >= 0.3 is 0 Å². The number of fused-ring (bicyclic) bond motifs is 1. The number of rotatable bonds is 5. The van der Waals surface area contributed by atoms with Crippen LogP contribution in [0.4, 0.5) is 0 Å². The van der Waals surface area contributed by atoms with Crippen molar-refractivity contribution in [3.05, 3.63) is 42.1 Å². The smallest absolute Gasteiger partial charge is 0.269 e. The number of pyridine rings is 1. The van der Waals surface area contributed by atoms with E-state index >= 15 is 0 Å². The molecule has 0 saturated carbocycles. The van der Waals surface area contributed by atoms with Gasteiger partial charge in [-0.25, -0.2) is 4.98 Å². The largest absolute Gasteiger partial charge is 0.354 e. The molecule has 0 radical (unpaired) electrons. The summed E-state index contributed by atoms with van der Waals surface area (Å²) in [5.41, 5.74) is 1.17. The Balaban J connectivity index is 1.89. The molecule has 1 aromatic carbocycles. The van der Waals surface area contributed by atoms with Gasteiger partial charge in [-0.3, -0.25) is 9.59 Å². The van der Waals surface area contributed by atoms with Crippen LogP contribution in [0.3, 0.4) is 0 Å². The molecular formula is C16H19N3O2. The topological polar surface area (TPSA) is 71.1 Å². The summed E-state index contributed by atoms with van der Waals surface area (Å²) in [7, 11) is 0. The summed E-state index contributed by atoms with van der Waals surface area (Å²) >= 11 is 0. The molecule has 0 bridgehead atoms. The third kappa shape index (κ3) is 4.02. The second-order valence-electron chi connectivity index (χ2n) is 5.09. The number of para-hydroxylation sites is 1. The zero-order valence-electron chi connectivity index (χ0n) is 12.2. The van der Waals surface area contributed by atoms with Gasteiger partial charge in [0, 0.05) is 24.4 Å². The molecule has 0 unspecified atom stereocenters. The number of hydrogen-bond donors (Lipinski definition) is 2. The molecule has 110 valence electrons. The highest BCUT2D eigenvalue weighted by atomic mass is 16.2. The van der Waals surface area contributed by atoms with Gasteiger partial charge in [-0.05, 0) is 12.1 Å². The monoisotopic (exact) mass is 285 g/mol. The summed E-state index contributed by atoms with van der Waals surface area (Å²) in [5, 5.41) is 6.48. The van der Waals surface area contributed by atoms with Crippen molar-refractivity contribution in [3.8, 4) is 0 Å². The molecule has 2 N–H and O–H groups in total. The van der Waals surface area contributed by atoms with Crippen LogP contribution in [0.15, 0.2) is 36.4 Å². The number of carbonyl (C=O) groups excluding carboxylic acids is 2. The SMILES string of the molecule is CC(C)C(=O)NCCNC(=O)c1ccc2ccccc2n1. The number of benzene rings is 1. The number of nitrogens with one attached hydrogen (secondary N) is 2. The molecule has 0 atom stereocenters. The lowest BCUT2D eigenvalue weighted by atomic mass is 10.2. The second-order valence-corrected chi connectivity index (χ2v) is 5.09. The van der Waals surface area contributed by atoms with Gasteiger partial charge in [-0.15, -0.1) is 0 Å². The first kappa shape index (κ1) is 15.0. The van der Waals surface area contributed by atoms with E-state index in [-0.39, 0.29) is 17.7 Å². The van der Waals surface area contributed by atoms with Gasteiger partial charge in [0.1, 0.15) is 5.69 Å². The van der Waals surface area contributed by atoms with E-state index in [0.717, 1.165) is 10.9 Å². The van der Waals surface area contributed by atoms with Crippen molar-refractivity contribution in [2.24, 2.45) is 5.92 Å². The van der Waals surface area contributed by atoms with E-state index in [1.54, 1.807) is 6.07 Å². The van der Waals surface area contributed by atoms with Gasteiger partial charge in [0.05, 0.1) is 5.52 Å². The molecule has 1 heterocycles. The summed E-state index contributed by atoms with van der Waals surface area (Å²) in [6.07, 6.45) is 0. The van der Waals surface area contributed by atoms with Crippen molar-refractivity contribution in [1.82, 2.24) is 15.6 Å². The van der Waals surface area contributed by atoms with Crippen molar-refractivity contribution in [2.45, 2.75) is 13.8 Å². The van der Waals surface area contributed by atoms with Crippen molar-refractivity contribution in [3.63, 3.8) is 0 Å². The van der Waals surface area contributed by atoms with Crippen LogP contribution in [-0.2, 0) is 4.79 Å². The molecular weight excluding hydrogens is 266 g/mol. The molecule has 0 saturated heterocycles. The Kier molecular flexibility index (Phi) is 4.87. The first-order valence-corrected chi connectivity index (χ1v) is 6.99. The van der Waals surface area contributed by atoms with Crippen molar-refractivity contribution in [2.75, 3.05) is 13.1 Å². The van der Waals surface area contributed by atoms with E-state index in [4.69, 9.17) is 0 Å². The second kappa shape index (κ2) is 6.83. The first-order chi connectivity index (χ1) is 10.1. The summed E-state index contributed by atoms with van der Waals surface area (Å²) < 4.78 is 0. The maximum absolute atomic E-state index is 12.0. The average molecular weight is 285 g/mol. The van der Waals surface area contributed by atoms with E-state index in [1.165, 1.54) is 0 Å². The minimum Gasteiger partial charge on any atom is -0.354 e. The van der Waals surface area contributed by atoms with Gasteiger partial charge < -0.3 is 10.6 Å². The third-order valence-corrected chi connectivity index (χ3v) is 3.07. The molecule has 0 fully saturated rings.